The van der Waals surface area contributed by atoms with Crippen LogP contribution in [0.5, 0.6) is 0 Å². The third-order valence-electron chi connectivity index (χ3n) is 5.24. The standard InChI is InChI=1S/C20H34N4O2S/c1-4-24(5-2)27(25,26)16-13-22-20(21-3)23-14-11-19(12-15-23)17-18-9-7-6-8-10-18/h6-10,19H,4-5,11-17H2,1-3H3,(H,21,22). The molecule has 7 heteroatoms. The van der Waals surface area contributed by atoms with Crippen LogP contribution >= 0.6 is 0 Å². The van der Waals surface area contributed by atoms with Gasteiger partial charge in [-0.25, -0.2) is 12.7 Å². The molecule has 152 valence electrons. The minimum absolute atomic E-state index is 0.0954. The van der Waals surface area contributed by atoms with E-state index < -0.39 is 10.0 Å². The fourth-order valence-electron chi connectivity index (χ4n) is 3.67. The lowest BCUT2D eigenvalue weighted by atomic mass is 9.90. The van der Waals surface area contributed by atoms with Crippen molar-refractivity contribution in [1.82, 2.24) is 14.5 Å². The number of nitrogens with one attached hydrogen (secondary N) is 1. The van der Waals surface area contributed by atoms with Crippen molar-refractivity contribution < 1.29 is 8.42 Å². The summed E-state index contributed by atoms with van der Waals surface area (Å²) in [5.74, 6) is 1.60. The molecule has 0 unspecified atom stereocenters. The monoisotopic (exact) mass is 394 g/mol. The second-order valence-corrected chi connectivity index (χ2v) is 9.08. The quantitative estimate of drug-likeness (QED) is 0.542. The second-order valence-electron chi connectivity index (χ2n) is 6.99. The molecule has 1 N–H and O–H groups in total. The van der Waals surface area contributed by atoms with E-state index in [2.05, 4.69) is 45.5 Å². The van der Waals surface area contributed by atoms with Gasteiger partial charge in [0.15, 0.2) is 5.96 Å². The highest BCUT2D eigenvalue weighted by atomic mass is 32.2. The summed E-state index contributed by atoms with van der Waals surface area (Å²) in [5.41, 5.74) is 1.40. The average Bonchev–Trinajstić information content (AvgIpc) is 2.67. The third kappa shape index (κ3) is 6.50. The van der Waals surface area contributed by atoms with Gasteiger partial charge in [0.2, 0.25) is 10.0 Å². The Morgan fingerprint density at radius 2 is 1.81 bits per heavy atom. The zero-order valence-electron chi connectivity index (χ0n) is 16.9. The number of rotatable bonds is 8. The van der Waals surface area contributed by atoms with Crippen LogP contribution < -0.4 is 5.32 Å². The van der Waals surface area contributed by atoms with Gasteiger partial charge in [-0.1, -0.05) is 44.2 Å². The van der Waals surface area contributed by atoms with Crippen LogP contribution in [0.15, 0.2) is 35.3 Å². The molecular formula is C20H34N4O2S. The molecule has 2 rings (SSSR count). The van der Waals surface area contributed by atoms with Crippen molar-refractivity contribution >= 4 is 16.0 Å². The Bertz CT molecular complexity index is 679. The normalized spacial score (nSPS) is 16.7. The first-order chi connectivity index (χ1) is 13.0. The van der Waals surface area contributed by atoms with E-state index in [1.54, 1.807) is 7.05 Å². The number of hydrogen-bond donors (Lipinski definition) is 1. The predicted octanol–water partition coefficient (Wildman–Crippen LogP) is 2.19. The van der Waals surface area contributed by atoms with Crippen LogP contribution in [0.25, 0.3) is 0 Å². The van der Waals surface area contributed by atoms with Crippen molar-refractivity contribution in [2.24, 2.45) is 10.9 Å². The number of hydrogen-bond acceptors (Lipinski definition) is 3. The van der Waals surface area contributed by atoms with Crippen molar-refractivity contribution in [1.29, 1.82) is 0 Å². The molecule has 0 aromatic heterocycles. The van der Waals surface area contributed by atoms with Crippen LogP contribution in [0.1, 0.15) is 32.3 Å². The number of sulfonamides is 1. The zero-order chi connectivity index (χ0) is 19.7. The summed E-state index contributed by atoms with van der Waals surface area (Å²) >= 11 is 0. The first-order valence-corrected chi connectivity index (χ1v) is 11.6. The SMILES string of the molecule is CCN(CC)S(=O)(=O)CCNC(=NC)N1CCC(Cc2ccccc2)CC1. The van der Waals surface area contributed by atoms with E-state index in [0.717, 1.165) is 38.3 Å². The minimum Gasteiger partial charge on any atom is -0.355 e. The summed E-state index contributed by atoms with van der Waals surface area (Å²) in [5, 5.41) is 3.23. The Morgan fingerprint density at radius 1 is 1.19 bits per heavy atom. The molecule has 0 aliphatic carbocycles. The van der Waals surface area contributed by atoms with Crippen LogP contribution in [-0.4, -0.2) is 69.1 Å². The Labute approximate surface area is 164 Å². The first-order valence-electron chi connectivity index (χ1n) is 9.97. The van der Waals surface area contributed by atoms with E-state index in [9.17, 15) is 8.42 Å². The van der Waals surface area contributed by atoms with Gasteiger partial charge in [-0.3, -0.25) is 4.99 Å². The van der Waals surface area contributed by atoms with Gasteiger partial charge in [0.1, 0.15) is 0 Å². The average molecular weight is 395 g/mol. The summed E-state index contributed by atoms with van der Waals surface area (Å²) in [6, 6.07) is 10.7. The van der Waals surface area contributed by atoms with Gasteiger partial charge < -0.3 is 10.2 Å². The van der Waals surface area contributed by atoms with Crippen LogP contribution in [0.3, 0.4) is 0 Å². The molecule has 0 amide bonds. The fraction of sp³-hybridized carbons (Fsp3) is 0.650. The number of aliphatic imine (C=N–C) groups is 1. The summed E-state index contributed by atoms with van der Waals surface area (Å²) in [7, 11) is -1.44. The molecule has 0 bridgehead atoms. The van der Waals surface area contributed by atoms with E-state index in [0.29, 0.717) is 25.6 Å². The van der Waals surface area contributed by atoms with Gasteiger partial charge in [-0.15, -0.1) is 0 Å². The molecule has 27 heavy (non-hydrogen) atoms. The molecule has 6 nitrogen and oxygen atoms in total. The lowest BCUT2D eigenvalue weighted by molar-refractivity contribution is 0.259. The molecule has 1 heterocycles. The fourth-order valence-corrected chi connectivity index (χ4v) is 5.07. The van der Waals surface area contributed by atoms with E-state index in [1.807, 2.05) is 13.8 Å². The van der Waals surface area contributed by atoms with Crippen molar-refractivity contribution in [3.63, 3.8) is 0 Å². The van der Waals surface area contributed by atoms with Gasteiger partial charge >= 0.3 is 0 Å². The highest BCUT2D eigenvalue weighted by Crippen LogP contribution is 2.21. The maximum absolute atomic E-state index is 12.3. The Hall–Kier alpha value is -1.60. The zero-order valence-corrected chi connectivity index (χ0v) is 17.7. The van der Waals surface area contributed by atoms with E-state index >= 15 is 0 Å². The third-order valence-corrected chi connectivity index (χ3v) is 7.26. The highest BCUT2D eigenvalue weighted by molar-refractivity contribution is 7.89. The van der Waals surface area contributed by atoms with Crippen LogP contribution in [-0.2, 0) is 16.4 Å². The van der Waals surface area contributed by atoms with Crippen molar-refractivity contribution in [2.45, 2.75) is 33.1 Å². The smallest absolute Gasteiger partial charge is 0.215 e. The predicted molar refractivity (Wildman–Crippen MR) is 113 cm³/mol. The molecule has 1 aliphatic heterocycles. The maximum Gasteiger partial charge on any atom is 0.215 e. The van der Waals surface area contributed by atoms with Crippen LogP contribution in [0.2, 0.25) is 0 Å². The van der Waals surface area contributed by atoms with Crippen LogP contribution in [0.4, 0.5) is 0 Å². The van der Waals surface area contributed by atoms with E-state index in [-0.39, 0.29) is 5.75 Å². The summed E-state index contributed by atoms with van der Waals surface area (Å²) in [6.45, 7) is 7.07. The van der Waals surface area contributed by atoms with Crippen molar-refractivity contribution in [3.05, 3.63) is 35.9 Å². The lowest BCUT2D eigenvalue weighted by Gasteiger charge is -2.34. The molecule has 0 spiro atoms. The topological polar surface area (TPSA) is 65.0 Å². The molecule has 0 saturated carbocycles. The molecular weight excluding hydrogens is 360 g/mol. The molecule has 1 aliphatic rings. The molecule has 0 atom stereocenters. The van der Waals surface area contributed by atoms with Gasteiger partial charge in [0, 0.05) is 39.8 Å². The van der Waals surface area contributed by atoms with Gasteiger partial charge in [0.05, 0.1) is 5.75 Å². The summed E-state index contributed by atoms with van der Waals surface area (Å²) in [4.78, 5) is 6.59. The summed E-state index contributed by atoms with van der Waals surface area (Å²) < 4.78 is 26.1. The number of nitrogens with zero attached hydrogens (tertiary/aromatic N) is 3. The van der Waals surface area contributed by atoms with Gasteiger partial charge in [-0.05, 0) is 30.7 Å². The van der Waals surface area contributed by atoms with Crippen molar-refractivity contribution in [2.75, 3.05) is 45.5 Å². The minimum atomic E-state index is -3.20. The van der Waals surface area contributed by atoms with Gasteiger partial charge in [0.25, 0.3) is 0 Å². The summed E-state index contributed by atoms with van der Waals surface area (Å²) in [6.07, 6.45) is 3.39. The highest BCUT2D eigenvalue weighted by Gasteiger charge is 2.23. The Morgan fingerprint density at radius 3 is 2.37 bits per heavy atom. The molecule has 1 aromatic carbocycles. The van der Waals surface area contributed by atoms with Crippen LogP contribution in [0, 0.1) is 5.92 Å². The Kier molecular flexibility index (Phi) is 8.57. The van der Waals surface area contributed by atoms with Gasteiger partial charge in [-0.2, -0.15) is 0 Å². The van der Waals surface area contributed by atoms with E-state index in [4.69, 9.17) is 0 Å². The second kappa shape index (κ2) is 10.7. The lowest BCUT2D eigenvalue weighted by Crippen LogP contribution is -2.47. The largest absolute Gasteiger partial charge is 0.355 e. The Balaban J connectivity index is 1.78. The first kappa shape index (κ1) is 21.7. The molecule has 1 fully saturated rings. The number of benzene rings is 1. The van der Waals surface area contributed by atoms with E-state index in [1.165, 1.54) is 9.87 Å². The number of guanidine groups is 1. The molecule has 1 saturated heterocycles. The maximum atomic E-state index is 12.3. The number of likely N-dealkylation sites (tertiary alicyclic amines) is 1. The molecule has 0 radical (unpaired) electrons. The van der Waals surface area contributed by atoms with Crippen molar-refractivity contribution in [3.8, 4) is 0 Å². The molecule has 1 aromatic rings. The number of piperidine rings is 1.